The fourth-order valence-electron chi connectivity index (χ4n) is 2.32. The third-order valence-electron chi connectivity index (χ3n) is 3.35. The minimum Gasteiger partial charge on any atom is -0.397 e. The molecule has 1 unspecified atom stereocenters. The van der Waals surface area contributed by atoms with Gasteiger partial charge in [-0.05, 0) is 66.0 Å². The fourth-order valence-corrected chi connectivity index (χ4v) is 2.83. The number of hydrogen-bond donors (Lipinski definition) is 1. The molecule has 0 aliphatic carbocycles. The van der Waals surface area contributed by atoms with E-state index < -0.39 is 0 Å². The minimum absolute atomic E-state index is 0.857. The lowest BCUT2D eigenvalue weighted by molar-refractivity contribution is 0.521. The normalized spacial score (nSPS) is 21.9. The Hall–Kier alpha value is -0.450. The summed E-state index contributed by atoms with van der Waals surface area (Å²) in [7, 11) is 0. The molecular weight excluding hydrogens is 311 g/mol. The molecule has 2 nitrogen and oxygen atoms in total. The van der Waals surface area contributed by atoms with Crippen molar-refractivity contribution in [1.82, 2.24) is 0 Å². The van der Waals surface area contributed by atoms with Gasteiger partial charge in [-0.25, -0.2) is 0 Å². The molecule has 3 heteroatoms. The van der Waals surface area contributed by atoms with Gasteiger partial charge in [0.15, 0.2) is 0 Å². The molecule has 0 spiro atoms. The van der Waals surface area contributed by atoms with Gasteiger partial charge in [0.2, 0.25) is 0 Å². The van der Waals surface area contributed by atoms with Gasteiger partial charge in [-0.3, -0.25) is 0 Å². The maximum absolute atomic E-state index is 6.09. The zero-order valence-corrected chi connectivity index (χ0v) is 11.9. The zero-order valence-electron chi connectivity index (χ0n) is 9.75. The summed E-state index contributed by atoms with van der Waals surface area (Å²) in [6, 6.07) is 6.36. The van der Waals surface area contributed by atoms with Crippen LogP contribution < -0.4 is 10.6 Å². The molecule has 0 radical (unpaired) electrons. The highest BCUT2D eigenvalue weighted by Gasteiger charge is 2.15. The lowest BCUT2D eigenvalue weighted by Crippen LogP contribution is -2.25. The van der Waals surface area contributed by atoms with Crippen LogP contribution in [-0.2, 0) is 0 Å². The Balaban J connectivity index is 2.16. The van der Waals surface area contributed by atoms with Crippen molar-refractivity contribution in [2.75, 3.05) is 23.7 Å². The van der Waals surface area contributed by atoms with Crippen LogP contribution in [0, 0.1) is 9.49 Å². The van der Waals surface area contributed by atoms with Gasteiger partial charge in [0, 0.05) is 16.7 Å². The molecule has 0 saturated carbocycles. The lowest BCUT2D eigenvalue weighted by atomic mass is 10.0. The molecule has 1 saturated heterocycles. The van der Waals surface area contributed by atoms with Gasteiger partial charge in [-0.15, -0.1) is 0 Å². The van der Waals surface area contributed by atoms with Crippen LogP contribution in [0.4, 0.5) is 11.4 Å². The molecule has 1 aliphatic rings. The molecule has 1 atom stereocenters. The lowest BCUT2D eigenvalue weighted by Gasteiger charge is -2.24. The van der Waals surface area contributed by atoms with Gasteiger partial charge >= 0.3 is 0 Å². The molecule has 2 N–H and O–H groups in total. The molecule has 0 aromatic heterocycles. The largest absolute Gasteiger partial charge is 0.397 e. The second kappa shape index (κ2) is 5.25. The SMILES string of the molecule is CC1CCCN(c2ccc(I)cc2N)CC1. The Morgan fingerprint density at radius 1 is 1.31 bits per heavy atom. The monoisotopic (exact) mass is 330 g/mol. The summed E-state index contributed by atoms with van der Waals surface area (Å²) in [5.41, 5.74) is 8.23. The average molecular weight is 330 g/mol. The van der Waals surface area contributed by atoms with Crippen LogP contribution >= 0.6 is 22.6 Å². The van der Waals surface area contributed by atoms with E-state index >= 15 is 0 Å². The summed E-state index contributed by atoms with van der Waals surface area (Å²) in [6.07, 6.45) is 3.92. The molecule has 0 amide bonds. The highest BCUT2D eigenvalue weighted by molar-refractivity contribution is 14.1. The molecule has 2 rings (SSSR count). The molecule has 88 valence electrons. The van der Waals surface area contributed by atoms with Gasteiger partial charge in [0.05, 0.1) is 11.4 Å². The Bertz CT molecular complexity index is 365. The first-order valence-corrected chi connectivity index (χ1v) is 7.04. The summed E-state index contributed by atoms with van der Waals surface area (Å²) in [4.78, 5) is 2.44. The van der Waals surface area contributed by atoms with E-state index in [1.54, 1.807) is 0 Å². The maximum Gasteiger partial charge on any atom is 0.0600 e. The summed E-state index contributed by atoms with van der Waals surface area (Å²) < 4.78 is 1.21. The molecule has 1 aliphatic heterocycles. The fraction of sp³-hybridized carbons (Fsp3) is 0.538. The number of nitrogens with two attached hydrogens (primary N) is 1. The predicted octanol–water partition coefficient (Wildman–Crippen LogP) is 3.50. The topological polar surface area (TPSA) is 29.3 Å². The highest BCUT2D eigenvalue weighted by Crippen LogP contribution is 2.28. The van der Waals surface area contributed by atoms with Gasteiger partial charge < -0.3 is 10.6 Å². The number of anilines is 2. The predicted molar refractivity (Wildman–Crippen MR) is 78.8 cm³/mol. The van der Waals surface area contributed by atoms with Crippen LogP contribution in [0.3, 0.4) is 0 Å². The van der Waals surface area contributed by atoms with Crippen LogP contribution in [0.15, 0.2) is 18.2 Å². The Morgan fingerprint density at radius 2 is 2.12 bits per heavy atom. The van der Waals surface area contributed by atoms with Crippen molar-refractivity contribution >= 4 is 34.0 Å². The zero-order chi connectivity index (χ0) is 11.5. The minimum atomic E-state index is 0.857. The Kier molecular flexibility index (Phi) is 3.95. The van der Waals surface area contributed by atoms with Crippen molar-refractivity contribution in [1.29, 1.82) is 0 Å². The molecule has 1 fully saturated rings. The van der Waals surface area contributed by atoms with Crippen LogP contribution in [0.25, 0.3) is 0 Å². The number of halogens is 1. The van der Waals surface area contributed by atoms with Gasteiger partial charge in [-0.1, -0.05) is 6.92 Å². The van der Waals surface area contributed by atoms with Crippen LogP contribution in [0.2, 0.25) is 0 Å². The van der Waals surface area contributed by atoms with E-state index in [1.165, 1.54) is 28.5 Å². The van der Waals surface area contributed by atoms with Crippen LogP contribution in [0.1, 0.15) is 26.2 Å². The van der Waals surface area contributed by atoms with E-state index in [0.717, 1.165) is 24.7 Å². The molecular formula is C13H19IN2. The Labute approximate surface area is 111 Å². The van der Waals surface area contributed by atoms with Crippen molar-refractivity contribution < 1.29 is 0 Å². The van der Waals surface area contributed by atoms with Gasteiger partial charge in [-0.2, -0.15) is 0 Å². The molecule has 1 aromatic carbocycles. The Morgan fingerprint density at radius 3 is 2.88 bits per heavy atom. The van der Waals surface area contributed by atoms with Crippen molar-refractivity contribution in [3.8, 4) is 0 Å². The standard InChI is InChI=1S/C13H19IN2/c1-10-3-2-7-16(8-6-10)13-5-4-11(14)9-12(13)15/h4-5,9-10H,2-3,6-8,15H2,1H3. The van der Waals surface area contributed by atoms with E-state index in [-0.39, 0.29) is 0 Å². The van der Waals surface area contributed by atoms with Crippen LogP contribution in [0.5, 0.6) is 0 Å². The highest BCUT2D eigenvalue weighted by atomic mass is 127. The molecule has 1 heterocycles. The van der Waals surface area contributed by atoms with Crippen molar-refractivity contribution in [3.63, 3.8) is 0 Å². The maximum atomic E-state index is 6.09. The second-order valence-electron chi connectivity index (χ2n) is 4.73. The number of nitrogen functional groups attached to an aromatic ring is 1. The van der Waals surface area contributed by atoms with Crippen LogP contribution in [-0.4, -0.2) is 13.1 Å². The van der Waals surface area contributed by atoms with Gasteiger partial charge in [0.1, 0.15) is 0 Å². The van der Waals surface area contributed by atoms with E-state index in [9.17, 15) is 0 Å². The molecule has 16 heavy (non-hydrogen) atoms. The van der Waals surface area contributed by atoms with E-state index in [0.29, 0.717) is 0 Å². The first-order chi connectivity index (χ1) is 7.66. The molecule has 1 aromatic rings. The van der Waals surface area contributed by atoms with Crippen molar-refractivity contribution in [2.45, 2.75) is 26.2 Å². The van der Waals surface area contributed by atoms with Crippen molar-refractivity contribution in [2.24, 2.45) is 5.92 Å². The third kappa shape index (κ3) is 2.81. The van der Waals surface area contributed by atoms with Gasteiger partial charge in [0.25, 0.3) is 0 Å². The summed E-state index contributed by atoms with van der Waals surface area (Å²) in [5.74, 6) is 0.857. The van der Waals surface area contributed by atoms with E-state index in [1.807, 2.05) is 0 Å². The summed E-state index contributed by atoms with van der Waals surface area (Å²) in [5, 5.41) is 0. The first kappa shape index (κ1) is 12.0. The third-order valence-corrected chi connectivity index (χ3v) is 4.02. The quantitative estimate of drug-likeness (QED) is 0.631. The number of hydrogen-bond acceptors (Lipinski definition) is 2. The molecule has 0 bridgehead atoms. The summed E-state index contributed by atoms with van der Waals surface area (Å²) in [6.45, 7) is 4.64. The first-order valence-electron chi connectivity index (χ1n) is 5.97. The summed E-state index contributed by atoms with van der Waals surface area (Å²) >= 11 is 2.31. The van der Waals surface area contributed by atoms with Crippen molar-refractivity contribution in [3.05, 3.63) is 21.8 Å². The number of rotatable bonds is 1. The van der Waals surface area contributed by atoms with E-state index in [4.69, 9.17) is 5.73 Å². The smallest absolute Gasteiger partial charge is 0.0600 e. The van der Waals surface area contributed by atoms with E-state index in [2.05, 4.69) is 52.6 Å². The number of nitrogens with zero attached hydrogens (tertiary/aromatic N) is 1. The number of benzene rings is 1. The average Bonchev–Trinajstić information content (AvgIpc) is 2.43. The second-order valence-corrected chi connectivity index (χ2v) is 5.97.